The molecule has 3 atom stereocenters. The Morgan fingerprint density at radius 2 is 2.06 bits per heavy atom. The fraction of sp³-hybridized carbons (Fsp3) is 0.615. The first-order chi connectivity index (χ1) is 14.7. The number of rotatable bonds is 15. The SMILES string of the molecule is C=CCCCCC(C)(C)CCC(=O)O[C@@H](C[C@@H]1O[C@@H]1CC=C)/C(C)=C/c1csc(C)n1. The van der Waals surface area contributed by atoms with Gasteiger partial charge in [-0.15, -0.1) is 24.5 Å². The topological polar surface area (TPSA) is 51.7 Å². The molecule has 0 bridgehead atoms. The Hall–Kier alpha value is -1.72. The van der Waals surface area contributed by atoms with Crippen LogP contribution in [0.4, 0.5) is 0 Å². The largest absolute Gasteiger partial charge is 0.458 e. The molecule has 0 amide bonds. The lowest BCUT2D eigenvalue weighted by atomic mass is 9.82. The smallest absolute Gasteiger partial charge is 0.306 e. The highest BCUT2D eigenvalue weighted by Gasteiger charge is 2.40. The first-order valence-electron chi connectivity index (χ1n) is 11.4. The van der Waals surface area contributed by atoms with Crippen LogP contribution >= 0.6 is 11.3 Å². The zero-order valence-corrected chi connectivity index (χ0v) is 20.5. The number of unbranched alkanes of at least 4 members (excludes halogenated alkanes) is 2. The summed E-state index contributed by atoms with van der Waals surface area (Å²) in [5.74, 6) is -0.132. The van der Waals surface area contributed by atoms with E-state index in [4.69, 9.17) is 9.47 Å². The lowest BCUT2D eigenvalue weighted by Gasteiger charge is -2.25. The fourth-order valence-corrected chi connectivity index (χ4v) is 4.31. The van der Waals surface area contributed by atoms with Gasteiger partial charge in [-0.25, -0.2) is 4.98 Å². The third-order valence-electron chi connectivity index (χ3n) is 5.84. The summed E-state index contributed by atoms with van der Waals surface area (Å²) in [6.45, 7) is 16.0. The van der Waals surface area contributed by atoms with Crippen molar-refractivity contribution in [2.75, 3.05) is 0 Å². The second-order valence-corrected chi connectivity index (χ2v) is 10.4. The molecule has 0 N–H and O–H groups in total. The van der Waals surface area contributed by atoms with Crippen molar-refractivity contribution in [3.05, 3.63) is 47.0 Å². The highest BCUT2D eigenvalue weighted by molar-refractivity contribution is 7.09. The molecule has 1 aromatic rings. The van der Waals surface area contributed by atoms with Gasteiger partial charge in [0.15, 0.2) is 0 Å². The van der Waals surface area contributed by atoms with E-state index in [0.29, 0.717) is 12.8 Å². The normalized spacial score (nSPS) is 19.7. The average molecular weight is 446 g/mol. The highest BCUT2D eigenvalue weighted by Crippen LogP contribution is 2.33. The van der Waals surface area contributed by atoms with Gasteiger partial charge in [-0.05, 0) is 63.0 Å². The molecule has 5 heteroatoms. The first-order valence-corrected chi connectivity index (χ1v) is 12.3. The number of nitrogens with zero attached hydrogens (tertiary/aromatic N) is 1. The van der Waals surface area contributed by atoms with E-state index in [0.717, 1.165) is 54.8 Å². The maximum atomic E-state index is 12.7. The molecule has 1 aliphatic rings. The van der Waals surface area contributed by atoms with E-state index in [1.54, 1.807) is 11.3 Å². The molecule has 1 aliphatic heterocycles. The summed E-state index contributed by atoms with van der Waals surface area (Å²) in [4.78, 5) is 17.2. The third kappa shape index (κ3) is 9.53. The molecule has 0 spiro atoms. The van der Waals surface area contributed by atoms with Crippen LogP contribution in [-0.4, -0.2) is 29.3 Å². The van der Waals surface area contributed by atoms with Gasteiger partial charge in [0, 0.05) is 18.2 Å². The highest BCUT2D eigenvalue weighted by atomic mass is 32.1. The van der Waals surface area contributed by atoms with Gasteiger partial charge in [0.1, 0.15) is 6.10 Å². The number of ether oxygens (including phenoxy) is 2. The monoisotopic (exact) mass is 445 g/mol. The molecule has 0 aromatic carbocycles. The molecule has 1 fully saturated rings. The van der Waals surface area contributed by atoms with E-state index in [1.807, 2.05) is 37.5 Å². The maximum absolute atomic E-state index is 12.7. The molecular weight excluding hydrogens is 406 g/mol. The second kappa shape index (κ2) is 12.4. The number of hydrogen-bond acceptors (Lipinski definition) is 5. The van der Waals surface area contributed by atoms with Crippen molar-refractivity contribution in [3.63, 3.8) is 0 Å². The van der Waals surface area contributed by atoms with Gasteiger partial charge in [-0.3, -0.25) is 4.79 Å². The van der Waals surface area contributed by atoms with Gasteiger partial charge < -0.3 is 9.47 Å². The molecule has 0 aliphatic carbocycles. The van der Waals surface area contributed by atoms with Gasteiger partial charge in [-0.2, -0.15) is 0 Å². The summed E-state index contributed by atoms with van der Waals surface area (Å²) < 4.78 is 11.7. The van der Waals surface area contributed by atoms with Crippen molar-refractivity contribution in [1.82, 2.24) is 4.98 Å². The van der Waals surface area contributed by atoms with Crippen LogP contribution in [-0.2, 0) is 14.3 Å². The van der Waals surface area contributed by atoms with Crippen molar-refractivity contribution in [1.29, 1.82) is 0 Å². The summed E-state index contributed by atoms with van der Waals surface area (Å²) in [6, 6.07) is 0. The molecule has 31 heavy (non-hydrogen) atoms. The van der Waals surface area contributed by atoms with Crippen LogP contribution < -0.4 is 0 Å². The first kappa shape index (κ1) is 25.5. The van der Waals surface area contributed by atoms with Gasteiger partial charge in [0.05, 0.1) is 22.9 Å². The number of carbonyl (C=O) groups is 1. The van der Waals surface area contributed by atoms with Crippen LogP contribution in [0.5, 0.6) is 0 Å². The summed E-state index contributed by atoms with van der Waals surface area (Å²) in [5, 5.41) is 3.06. The number of aryl methyl sites for hydroxylation is 1. The Morgan fingerprint density at radius 1 is 1.29 bits per heavy atom. The predicted molar refractivity (Wildman–Crippen MR) is 130 cm³/mol. The Morgan fingerprint density at radius 3 is 2.71 bits per heavy atom. The predicted octanol–water partition coefficient (Wildman–Crippen LogP) is 7.05. The van der Waals surface area contributed by atoms with Gasteiger partial charge in [0.2, 0.25) is 0 Å². The van der Waals surface area contributed by atoms with Crippen molar-refractivity contribution < 1.29 is 14.3 Å². The minimum absolute atomic E-state index is 0.123. The van der Waals surface area contributed by atoms with Crippen LogP contribution in [0.25, 0.3) is 6.08 Å². The molecular formula is C26H39NO3S. The molecule has 172 valence electrons. The summed E-state index contributed by atoms with van der Waals surface area (Å²) >= 11 is 1.62. The number of esters is 1. The van der Waals surface area contributed by atoms with Crippen LogP contribution in [0.15, 0.2) is 36.3 Å². The number of carbonyl (C=O) groups excluding carboxylic acids is 1. The third-order valence-corrected chi connectivity index (χ3v) is 6.64. The zero-order valence-electron chi connectivity index (χ0n) is 19.7. The second-order valence-electron chi connectivity index (χ2n) is 9.33. The fourth-order valence-electron chi connectivity index (χ4n) is 3.74. The number of aromatic nitrogens is 1. The Balaban J connectivity index is 1.93. The molecule has 0 unspecified atom stereocenters. The lowest BCUT2D eigenvalue weighted by Crippen LogP contribution is -2.23. The van der Waals surface area contributed by atoms with Crippen LogP contribution in [0.2, 0.25) is 0 Å². The van der Waals surface area contributed by atoms with Gasteiger partial charge >= 0.3 is 5.97 Å². The molecule has 0 radical (unpaired) electrons. The Labute approximate surface area is 192 Å². The standard InChI is InChI=1S/C26H39NO3S/c1-7-9-10-11-14-26(5,6)15-13-25(28)30-23(17-24-22(29-24)12-8-2)19(3)16-21-18-31-20(4)27-21/h7-8,16,18,22-24H,1-2,9-15,17H2,3-6H3/b19-16+/t22-,23+,24+/m1/s1. The van der Waals surface area contributed by atoms with Crippen molar-refractivity contribution in [2.45, 2.75) is 97.4 Å². The minimum Gasteiger partial charge on any atom is -0.458 e. The van der Waals surface area contributed by atoms with Crippen molar-refractivity contribution in [2.24, 2.45) is 5.41 Å². The van der Waals surface area contributed by atoms with E-state index in [2.05, 4.69) is 32.0 Å². The number of epoxide rings is 1. The van der Waals surface area contributed by atoms with E-state index in [1.165, 1.54) is 0 Å². The van der Waals surface area contributed by atoms with Gasteiger partial charge in [0.25, 0.3) is 0 Å². The van der Waals surface area contributed by atoms with E-state index >= 15 is 0 Å². The molecule has 2 rings (SSSR count). The summed E-state index contributed by atoms with van der Waals surface area (Å²) in [5.41, 5.74) is 2.06. The van der Waals surface area contributed by atoms with Crippen LogP contribution in [0.1, 0.15) is 82.8 Å². The zero-order chi connectivity index (χ0) is 22.9. The molecule has 2 heterocycles. The van der Waals surface area contributed by atoms with Gasteiger partial charge in [-0.1, -0.05) is 32.4 Å². The number of allylic oxidation sites excluding steroid dienone is 1. The van der Waals surface area contributed by atoms with E-state index < -0.39 is 0 Å². The molecule has 4 nitrogen and oxygen atoms in total. The van der Waals surface area contributed by atoms with E-state index in [-0.39, 0.29) is 29.7 Å². The molecule has 1 aromatic heterocycles. The lowest BCUT2D eigenvalue weighted by molar-refractivity contribution is -0.148. The van der Waals surface area contributed by atoms with Crippen molar-refractivity contribution >= 4 is 23.4 Å². The summed E-state index contributed by atoms with van der Waals surface area (Å²) in [7, 11) is 0. The Kier molecular flexibility index (Phi) is 10.2. The molecule has 1 saturated heterocycles. The maximum Gasteiger partial charge on any atom is 0.306 e. The molecule has 0 saturated carbocycles. The quantitative estimate of drug-likeness (QED) is 0.126. The van der Waals surface area contributed by atoms with Crippen molar-refractivity contribution in [3.8, 4) is 0 Å². The minimum atomic E-state index is -0.287. The van der Waals surface area contributed by atoms with E-state index in [9.17, 15) is 4.79 Å². The number of hydrogen-bond donors (Lipinski definition) is 0. The average Bonchev–Trinajstić information content (AvgIpc) is 3.31. The van der Waals surface area contributed by atoms with Crippen LogP contribution in [0.3, 0.4) is 0 Å². The summed E-state index contributed by atoms with van der Waals surface area (Å²) in [6.07, 6.45) is 13.2. The van der Waals surface area contributed by atoms with Crippen LogP contribution in [0, 0.1) is 12.3 Å². The Bertz CT molecular complexity index is 764. The number of thiazole rings is 1.